The first kappa shape index (κ1) is 16.3. The van der Waals surface area contributed by atoms with Gasteiger partial charge in [-0.3, -0.25) is 0 Å². The van der Waals surface area contributed by atoms with Crippen molar-refractivity contribution < 1.29 is 13.5 Å². The van der Waals surface area contributed by atoms with E-state index in [2.05, 4.69) is 23.9 Å². The molecule has 0 saturated carbocycles. The Balaban J connectivity index is 2.88. The number of hydrogen-bond donors (Lipinski definition) is 1. The van der Waals surface area contributed by atoms with Gasteiger partial charge in [0, 0.05) is 11.7 Å². The molecule has 2 nitrogen and oxygen atoms in total. The van der Waals surface area contributed by atoms with Crippen LogP contribution in [-0.2, 0) is 0 Å². The number of nitrogens with one attached hydrogen (secondary N) is 1. The molecule has 0 amide bonds. The zero-order valence-corrected chi connectivity index (χ0v) is 12.5. The van der Waals surface area contributed by atoms with E-state index in [4.69, 9.17) is 23.2 Å². The molecule has 0 aliphatic carbocycles. The van der Waals surface area contributed by atoms with E-state index < -0.39 is 6.61 Å². The highest BCUT2D eigenvalue weighted by Gasteiger charge is 2.16. The maximum Gasteiger partial charge on any atom is 0.387 e. The summed E-state index contributed by atoms with van der Waals surface area (Å²) >= 11 is 11.8. The summed E-state index contributed by atoms with van der Waals surface area (Å²) in [7, 11) is 0. The van der Waals surface area contributed by atoms with Crippen molar-refractivity contribution in [3.05, 3.63) is 22.2 Å². The number of rotatable bonds is 6. The van der Waals surface area contributed by atoms with Crippen molar-refractivity contribution in [1.29, 1.82) is 0 Å². The molecule has 1 N–H and O–H groups in total. The van der Waals surface area contributed by atoms with Gasteiger partial charge >= 0.3 is 6.61 Å². The summed E-state index contributed by atoms with van der Waals surface area (Å²) in [6.07, 6.45) is 1.03. The monoisotopic (exact) mass is 311 g/mol. The molecule has 0 aliphatic rings. The molecule has 0 spiro atoms. The van der Waals surface area contributed by atoms with E-state index in [0.29, 0.717) is 11.6 Å². The Morgan fingerprint density at radius 3 is 2.16 bits per heavy atom. The van der Waals surface area contributed by atoms with Crippen LogP contribution in [0.25, 0.3) is 0 Å². The number of hydrogen-bond acceptors (Lipinski definition) is 2. The molecule has 0 radical (unpaired) electrons. The first-order valence-electron chi connectivity index (χ1n) is 6.05. The molecule has 19 heavy (non-hydrogen) atoms. The Labute approximate surface area is 122 Å². The Morgan fingerprint density at radius 2 is 1.74 bits per heavy atom. The van der Waals surface area contributed by atoms with Gasteiger partial charge in [0.05, 0.1) is 10.0 Å². The van der Waals surface area contributed by atoms with Crippen LogP contribution < -0.4 is 10.1 Å². The average molecular weight is 312 g/mol. The van der Waals surface area contributed by atoms with Crippen molar-refractivity contribution in [2.75, 3.05) is 5.32 Å². The van der Waals surface area contributed by atoms with Crippen molar-refractivity contribution in [1.82, 2.24) is 0 Å². The van der Waals surface area contributed by atoms with Gasteiger partial charge in [0.1, 0.15) is 0 Å². The molecule has 0 heterocycles. The van der Waals surface area contributed by atoms with Crippen LogP contribution in [-0.4, -0.2) is 12.7 Å². The van der Waals surface area contributed by atoms with Crippen molar-refractivity contribution in [2.24, 2.45) is 5.92 Å². The minimum Gasteiger partial charge on any atom is -0.432 e. The van der Waals surface area contributed by atoms with E-state index in [1.807, 2.05) is 6.92 Å². The third-order valence-corrected chi connectivity index (χ3v) is 3.66. The van der Waals surface area contributed by atoms with Gasteiger partial charge in [-0.25, -0.2) is 0 Å². The van der Waals surface area contributed by atoms with Gasteiger partial charge in [-0.1, -0.05) is 43.5 Å². The van der Waals surface area contributed by atoms with Crippen LogP contribution >= 0.6 is 23.2 Å². The smallest absolute Gasteiger partial charge is 0.387 e. The highest BCUT2D eigenvalue weighted by Crippen LogP contribution is 2.37. The molecule has 6 heteroatoms. The Morgan fingerprint density at radius 1 is 1.21 bits per heavy atom. The minimum atomic E-state index is -2.95. The molecule has 2 unspecified atom stereocenters. The first-order chi connectivity index (χ1) is 8.85. The van der Waals surface area contributed by atoms with Gasteiger partial charge in [0.15, 0.2) is 5.75 Å². The molecule has 0 saturated heterocycles. The molecule has 0 fully saturated rings. The van der Waals surface area contributed by atoms with E-state index in [1.165, 1.54) is 12.1 Å². The topological polar surface area (TPSA) is 21.3 Å². The second-order valence-electron chi connectivity index (χ2n) is 4.47. The highest BCUT2D eigenvalue weighted by molar-refractivity contribution is 6.37. The van der Waals surface area contributed by atoms with Crippen LogP contribution in [0.15, 0.2) is 12.1 Å². The minimum absolute atomic E-state index is 0.0617. The molecule has 0 bridgehead atoms. The molecule has 108 valence electrons. The lowest BCUT2D eigenvalue weighted by atomic mass is 10.0. The van der Waals surface area contributed by atoms with Gasteiger partial charge in [-0.05, 0) is 25.0 Å². The van der Waals surface area contributed by atoms with Crippen LogP contribution in [0.1, 0.15) is 27.2 Å². The average Bonchev–Trinajstić information content (AvgIpc) is 2.32. The number of halogens is 4. The molecule has 1 aromatic rings. The Bertz CT molecular complexity index is 406. The summed E-state index contributed by atoms with van der Waals surface area (Å²) in [4.78, 5) is 0. The SMILES string of the molecule is CCC(C)C(C)Nc1cc(Cl)c(OC(F)F)c(Cl)c1. The van der Waals surface area contributed by atoms with E-state index in [-0.39, 0.29) is 21.8 Å². The number of ether oxygens (including phenoxy) is 1. The molecular formula is C13H17Cl2F2NO. The molecule has 2 atom stereocenters. The maximum absolute atomic E-state index is 12.2. The van der Waals surface area contributed by atoms with Crippen molar-refractivity contribution in [3.8, 4) is 5.75 Å². The van der Waals surface area contributed by atoms with Gasteiger partial charge in [0.25, 0.3) is 0 Å². The fraction of sp³-hybridized carbons (Fsp3) is 0.538. The fourth-order valence-electron chi connectivity index (χ4n) is 1.60. The molecule has 0 aromatic heterocycles. The van der Waals surface area contributed by atoms with E-state index in [1.54, 1.807) is 0 Å². The largest absolute Gasteiger partial charge is 0.432 e. The van der Waals surface area contributed by atoms with Crippen LogP contribution in [0.3, 0.4) is 0 Å². The zero-order valence-electron chi connectivity index (χ0n) is 11.0. The number of benzene rings is 1. The standard InChI is InChI=1S/C13H17Cl2F2NO/c1-4-7(2)8(3)18-9-5-10(14)12(11(15)6-9)19-13(16)17/h5-8,13,18H,4H2,1-3H3. The van der Waals surface area contributed by atoms with Crippen LogP contribution in [0.2, 0.25) is 10.0 Å². The Kier molecular flexibility index (Phi) is 6.14. The van der Waals surface area contributed by atoms with Crippen molar-refractivity contribution in [2.45, 2.75) is 39.8 Å². The highest BCUT2D eigenvalue weighted by atomic mass is 35.5. The fourth-order valence-corrected chi connectivity index (χ4v) is 2.18. The quantitative estimate of drug-likeness (QED) is 0.755. The van der Waals surface area contributed by atoms with Crippen molar-refractivity contribution >= 4 is 28.9 Å². The lowest BCUT2D eigenvalue weighted by Crippen LogP contribution is -2.23. The summed E-state index contributed by atoms with van der Waals surface area (Å²) in [6.45, 7) is 3.31. The lowest BCUT2D eigenvalue weighted by Gasteiger charge is -2.22. The van der Waals surface area contributed by atoms with Crippen LogP contribution in [0.5, 0.6) is 5.75 Å². The predicted octanol–water partition coefficient (Wildman–Crippen LogP) is 5.44. The number of alkyl halides is 2. The van der Waals surface area contributed by atoms with E-state index in [0.717, 1.165) is 6.42 Å². The molecular weight excluding hydrogens is 295 g/mol. The molecule has 1 aromatic carbocycles. The Hall–Kier alpha value is -0.740. The van der Waals surface area contributed by atoms with Crippen LogP contribution in [0, 0.1) is 5.92 Å². The third kappa shape index (κ3) is 4.69. The summed E-state index contributed by atoms with van der Waals surface area (Å²) in [5.41, 5.74) is 0.685. The zero-order chi connectivity index (χ0) is 14.6. The summed E-state index contributed by atoms with van der Waals surface area (Å²) in [6, 6.07) is 3.28. The predicted molar refractivity (Wildman–Crippen MR) is 75.6 cm³/mol. The van der Waals surface area contributed by atoms with E-state index >= 15 is 0 Å². The number of anilines is 1. The third-order valence-electron chi connectivity index (χ3n) is 3.10. The van der Waals surface area contributed by atoms with Gasteiger partial charge in [-0.15, -0.1) is 0 Å². The van der Waals surface area contributed by atoms with Crippen LogP contribution in [0.4, 0.5) is 14.5 Å². The summed E-state index contributed by atoms with van der Waals surface area (Å²) in [5.74, 6) is 0.273. The lowest BCUT2D eigenvalue weighted by molar-refractivity contribution is -0.0497. The van der Waals surface area contributed by atoms with Gasteiger partial charge in [0.2, 0.25) is 0 Å². The van der Waals surface area contributed by atoms with Gasteiger partial charge in [-0.2, -0.15) is 8.78 Å². The van der Waals surface area contributed by atoms with Gasteiger partial charge < -0.3 is 10.1 Å². The second kappa shape index (κ2) is 7.15. The molecule has 1 rings (SSSR count). The first-order valence-corrected chi connectivity index (χ1v) is 6.81. The van der Waals surface area contributed by atoms with E-state index in [9.17, 15) is 8.78 Å². The summed E-state index contributed by atoms with van der Waals surface area (Å²) < 4.78 is 28.7. The van der Waals surface area contributed by atoms with Crippen molar-refractivity contribution in [3.63, 3.8) is 0 Å². The summed E-state index contributed by atoms with van der Waals surface area (Å²) in [5, 5.41) is 3.37. The second-order valence-corrected chi connectivity index (χ2v) is 5.28. The normalized spacial score (nSPS) is 14.3. The molecule has 0 aliphatic heterocycles. The maximum atomic E-state index is 12.2.